The van der Waals surface area contributed by atoms with E-state index < -0.39 is 0 Å². The number of nitrogen functional groups attached to an aromatic ring is 1. The zero-order chi connectivity index (χ0) is 14.1. The van der Waals surface area contributed by atoms with Gasteiger partial charge in [-0.3, -0.25) is 0 Å². The van der Waals surface area contributed by atoms with E-state index in [0.29, 0.717) is 0 Å². The predicted molar refractivity (Wildman–Crippen MR) is 80.5 cm³/mol. The summed E-state index contributed by atoms with van der Waals surface area (Å²) in [4.78, 5) is 18.0. The molecular formula is C14H16N6. The maximum absolute atomic E-state index is 5.67. The van der Waals surface area contributed by atoms with Crippen LogP contribution in [-0.4, -0.2) is 33.5 Å². The van der Waals surface area contributed by atoms with E-state index >= 15 is 0 Å². The van der Waals surface area contributed by atoms with E-state index in [9.17, 15) is 0 Å². The van der Waals surface area contributed by atoms with Crippen molar-refractivity contribution < 1.29 is 0 Å². The number of fused-ring (bicyclic) bond motifs is 1. The smallest absolute Gasteiger partial charge is 0.220 e. The fourth-order valence-electron chi connectivity index (χ4n) is 2.25. The lowest BCUT2D eigenvalue weighted by Gasteiger charge is -2.18. The van der Waals surface area contributed by atoms with Gasteiger partial charge in [0.25, 0.3) is 0 Å². The molecule has 0 bridgehead atoms. The fraction of sp³-hybridized carbons (Fsp3) is 0.214. The lowest BCUT2D eigenvalue weighted by atomic mass is 10.1. The molecule has 0 aromatic carbocycles. The first-order valence-electron chi connectivity index (χ1n) is 6.47. The van der Waals surface area contributed by atoms with E-state index in [1.165, 1.54) is 0 Å². The maximum atomic E-state index is 5.67. The van der Waals surface area contributed by atoms with E-state index in [1.54, 1.807) is 12.4 Å². The number of H-pyrrole nitrogens is 1. The van der Waals surface area contributed by atoms with Crippen molar-refractivity contribution in [2.75, 3.05) is 24.2 Å². The van der Waals surface area contributed by atoms with Gasteiger partial charge in [-0.25, -0.2) is 15.0 Å². The second-order valence-electron chi connectivity index (χ2n) is 4.57. The van der Waals surface area contributed by atoms with E-state index in [2.05, 4.69) is 38.8 Å². The van der Waals surface area contributed by atoms with Gasteiger partial charge in [0.2, 0.25) is 5.95 Å². The number of aromatic nitrogens is 4. The molecular weight excluding hydrogens is 252 g/mol. The molecule has 6 nitrogen and oxygen atoms in total. The Labute approximate surface area is 116 Å². The number of nitrogens with two attached hydrogens (primary N) is 1. The Kier molecular flexibility index (Phi) is 2.98. The van der Waals surface area contributed by atoms with Crippen molar-refractivity contribution >= 4 is 22.7 Å². The monoisotopic (exact) mass is 268 g/mol. The number of anilines is 2. The van der Waals surface area contributed by atoms with Crippen molar-refractivity contribution in [1.29, 1.82) is 0 Å². The second kappa shape index (κ2) is 4.80. The highest BCUT2D eigenvalue weighted by Gasteiger charge is 2.14. The Morgan fingerprint density at radius 2 is 2.05 bits per heavy atom. The summed E-state index contributed by atoms with van der Waals surface area (Å²) in [5.74, 6) is 0.270. The second-order valence-corrected chi connectivity index (χ2v) is 4.57. The number of rotatable bonds is 3. The van der Waals surface area contributed by atoms with Crippen LogP contribution in [0.2, 0.25) is 0 Å². The van der Waals surface area contributed by atoms with Crippen molar-refractivity contribution in [3.8, 4) is 11.3 Å². The molecule has 0 spiro atoms. The van der Waals surface area contributed by atoms with Crippen LogP contribution in [0.25, 0.3) is 22.3 Å². The minimum atomic E-state index is 0.270. The normalized spacial score (nSPS) is 10.9. The molecule has 0 saturated carbocycles. The third-order valence-electron chi connectivity index (χ3n) is 3.39. The highest BCUT2D eigenvalue weighted by Crippen LogP contribution is 2.33. The van der Waals surface area contributed by atoms with Gasteiger partial charge >= 0.3 is 0 Å². The molecule has 0 amide bonds. The standard InChI is InChI=1S/C14H16N6/c1-3-20(2)11-5-7-16-13-12(11)9(8-18-13)10-4-6-17-14(15)19-10/h4-8H,3H2,1-2H3,(H,16,18)(H2,15,17,19). The average Bonchev–Trinajstić information content (AvgIpc) is 2.90. The molecule has 0 aliphatic heterocycles. The number of hydrogen-bond acceptors (Lipinski definition) is 5. The minimum absolute atomic E-state index is 0.270. The highest BCUT2D eigenvalue weighted by molar-refractivity contribution is 6.01. The van der Waals surface area contributed by atoms with E-state index in [4.69, 9.17) is 5.73 Å². The van der Waals surface area contributed by atoms with Crippen molar-refractivity contribution in [1.82, 2.24) is 19.9 Å². The van der Waals surface area contributed by atoms with Crippen LogP contribution in [0.3, 0.4) is 0 Å². The van der Waals surface area contributed by atoms with Gasteiger partial charge in [-0.05, 0) is 19.1 Å². The molecule has 0 aliphatic rings. The van der Waals surface area contributed by atoms with Crippen molar-refractivity contribution in [3.63, 3.8) is 0 Å². The fourth-order valence-corrected chi connectivity index (χ4v) is 2.25. The Morgan fingerprint density at radius 1 is 1.25 bits per heavy atom. The van der Waals surface area contributed by atoms with Crippen LogP contribution in [0.15, 0.2) is 30.7 Å². The first-order valence-corrected chi connectivity index (χ1v) is 6.47. The predicted octanol–water partition coefficient (Wildman–Crippen LogP) is 2.06. The number of nitrogens with one attached hydrogen (secondary N) is 1. The SMILES string of the molecule is CCN(C)c1ccnc2[nH]cc(-c3ccnc(N)n3)c12. The summed E-state index contributed by atoms with van der Waals surface area (Å²) >= 11 is 0. The molecule has 3 heterocycles. The van der Waals surface area contributed by atoms with Crippen molar-refractivity contribution in [2.45, 2.75) is 6.92 Å². The summed E-state index contributed by atoms with van der Waals surface area (Å²) in [5.41, 5.74) is 9.41. The van der Waals surface area contributed by atoms with Gasteiger partial charge in [0.1, 0.15) is 5.65 Å². The molecule has 0 radical (unpaired) electrons. The highest BCUT2D eigenvalue weighted by atomic mass is 15.1. The molecule has 0 atom stereocenters. The van der Waals surface area contributed by atoms with Crippen LogP contribution in [0.1, 0.15) is 6.92 Å². The van der Waals surface area contributed by atoms with Crippen LogP contribution in [-0.2, 0) is 0 Å². The lowest BCUT2D eigenvalue weighted by Crippen LogP contribution is -2.16. The first-order chi connectivity index (χ1) is 9.70. The van der Waals surface area contributed by atoms with Gasteiger partial charge in [-0.15, -0.1) is 0 Å². The molecule has 6 heteroatoms. The van der Waals surface area contributed by atoms with Gasteiger partial charge in [-0.2, -0.15) is 0 Å². The molecule has 3 aromatic heterocycles. The van der Waals surface area contributed by atoms with Crippen LogP contribution >= 0.6 is 0 Å². The average molecular weight is 268 g/mol. The van der Waals surface area contributed by atoms with Gasteiger partial charge in [0, 0.05) is 43.4 Å². The van der Waals surface area contributed by atoms with E-state index in [0.717, 1.165) is 34.5 Å². The van der Waals surface area contributed by atoms with Gasteiger partial charge in [-0.1, -0.05) is 0 Å². The Hall–Kier alpha value is -2.63. The minimum Gasteiger partial charge on any atom is -0.374 e. The zero-order valence-corrected chi connectivity index (χ0v) is 11.5. The van der Waals surface area contributed by atoms with Crippen LogP contribution in [0, 0.1) is 0 Å². The summed E-state index contributed by atoms with van der Waals surface area (Å²) in [6.07, 6.45) is 5.38. The summed E-state index contributed by atoms with van der Waals surface area (Å²) in [6.45, 7) is 3.02. The topological polar surface area (TPSA) is 83.7 Å². The van der Waals surface area contributed by atoms with Crippen molar-refractivity contribution in [3.05, 3.63) is 30.7 Å². The molecule has 0 saturated heterocycles. The molecule has 102 valence electrons. The number of nitrogens with zero attached hydrogens (tertiary/aromatic N) is 4. The zero-order valence-electron chi connectivity index (χ0n) is 11.5. The molecule has 3 aromatic rings. The van der Waals surface area contributed by atoms with Gasteiger partial charge in [0.15, 0.2) is 0 Å². The van der Waals surface area contributed by atoms with E-state index in [1.807, 2.05) is 18.3 Å². The lowest BCUT2D eigenvalue weighted by molar-refractivity contribution is 0.972. The quantitative estimate of drug-likeness (QED) is 0.759. The van der Waals surface area contributed by atoms with Gasteiger partial charge < -0.3 is 15.6 Å². The maximum Gasteiger partial charge on any atom is 0.220 e. The Balaban J connectivity index is 2.26. The number of aromatic amines is 1. The van der Waals surface area contributed by atoms with Crippen molar-refractivity contribution in [2.24, 2.45) is 0 Å². The Morgan fingerprint density at radius 3 is 2.80 bits per heavy atom. The van der Waals surface area contributed by atoms with Crippen LogP contribution in [0.4, 0.5) is 11.6 Å². The van der Waals surface area contributed by atoms with Crippen LogP contribution < -0.4 is 10.6 Å². The molecule has 0 fully saturated rings. The molecule has 0 aliphatic carbocycles. The summed E-state index contributed by atoms with van der Waals surface area (Å²) in [5, 5.41) is 1.05. The summed E-state index contributed by atoms with van der Waals surface area (Å²) < 4.78 is 0. The van der Waals surface area contributed by atoms with E-state index in [-0.39, 0.29) is 5.95 Å². The molecule has 0 unspecified atom stereocenters. The van der Waals surface area contributed by atoms with Gasteiger partial charge in [0.05, 0.1) is 11.1 Å². The number of hydrogen-bond donors (Lipinski definition) is 2. The Bertz CT molecular complexity index is 748. The third-order valence-corrected chi connectivity index (χ3v) is 3.39. The number of pyridine rings is 1. The summed E-state index contributed by atoms with van der Waals surface area (Å²) in [6, 6.07) is 3.86. The first kappa shape index (κ1) is 12.4. The molecule has 3 N–H and O–H groups in total. The van der Waals surface area contributed by atoms with Crippen LogP contribution in [0.5, 0.6) is 0 Å². The largest absolute Gasteiger partial charge is 0.374 e. The molecule has 3 rings (SSSR count). The summed E-state index contributed by atoms with van der Waals surface area (Å²) in [7, 11) is 2.06. The molecule has 20 heavy (non-hydrogen) atoms. The third kappa shape index (κ3) is 1.95.